The number of primary amides is 1. The molecule has 0 rings (SSSR count). The molecule has 0 bridgehead atoms. The lowest BCUT2D eigenvalue weighted by Gasteiger charge is -2.05. The van der Waals surface area contributed by atoms with Crippen LogP contribution in [0.5, 0.6) is 0 Å². The van der Waals surface area contributed by atoms with Crippen LogP contribution in [0.25, 0.3) is 0 Å². The number of nitrogens with one attached hydrogen (secondary N) is 1. The normalized spacial score (nSPS) is 10.8. The van der Waals surface area contributed by atoms with Crippen molar-refractivity contribution in [2.75, 3.05) is 6.54 Å². The van der Waals surface area contributed by atoms with E-state index >= 15 is 0 Å². The maximum Gasteiger partial charge on any atom is 0.219 e. The first-order chi connectivity index (χ1) is 12.7. The number of hydrogen-bond donors (Lipinski definition) is 2. The largest absolute Gasteiger partial charge is 0.370 e. The molecule has 0 radical (unpaired) electrons. The number of rotatable bonds is 20. The summed E-state index contributed by atoms with van der Waals surface area (Å²) in [5.41, 5.74) is 5.12. The van der Waals surface area contributed by atoms with E-state index in [0.717, 1.165) is 38.6 Å². The molecule has 0 unspecified atom stereocenters. The molecule has 0 saturated carbocycles. The van der Waals surface area contributed by atoms with Crippen molar-refractivity contribution in [3.05, 3.63) is 0 Å². The third-order valence-electron chi connectivity index (χ3n) is 4.93. The fraction of sp³-hybridized carbons (Fsp3) is 0.909. The van der Waals surface area contributed by atoms with E-state index in [1.54, 1.807) is 0 Å². The van der Waals surface area contributed by atoms with Crippen LogP contribution in [0.4, 0.5) is 0 Å². The summed E-state index contributed by atoms with van der Waals surface area (Å²) in [5.74, 6) is 0.0595. The molecular weight excluding hydrogens is 324 g/mol. The summed E-state index contributed by atoms with van der Waals surface area (Å²) in [4.78, 5) is 22.2. The minimum atomic E-state index is -0.169. The van der Waals surface area contributed by atoms with Gasteiger partial charge in [-0.1, -0.05) is 90.4 Å². The fourth-order valence-electron chi connectivity index (χ4n) is 3.20. The Kier molecular flexibility index (Phi) is 19.4. The van der Waals surface area contributed by atoms with E-state index in [-0.39, 0.29) is 11.8 Å². The van der Waals surface area contributed by atoms with Gasteiger partial charge in [0.1, 0.15) is 0 Å². The highest BCUT2D eigenvalue weighted by atomic mass is 16.1. The van der Waals surface area contributed by atoms with Crippen LogP contribution in [0.3, 0.4) is 0 Å². The third kappa shape index (κ3) is 21.0. The maximum absolute atomic E-state index is 11.5. The average molecular weight is 369 g/mol. The number of unbranched alkanes of at least 4 members (excludes halogenated alkanes) is 14. The van der Waals surface area contributed by atoms with Crippen LogP contribution in [0.15, 0.2) is 0 Å². The molecule has 4 heteroatoms. The van der Waals surface area contributed by atoms with Crippen molar-refractivity contribution < 1.29 is 9.59 Å². The summed E-state index contributed by atoms with van der Waals surface area (Å²) < 4.78 is 0. The van der Waals surface area contributed by atoms with Gasteiger partial charge >= 0.3 is 0 Å². The highest BCUT2D eigenvalue weighted by Crippen LogP contribution is 2.13. The molecular formula is C22H44N2O2. The van der Waals surface area contributed by atoms with Crippen molar-refractivity contribution in [1.82, 2.24) is 5.32 Å². The van der Waals surface area contributed by atoms with Crippen LogP contribution in [-0.4, -0.2) is 18.4 Å². The molecule has 4 nitrogen and oxygen atoms in total. The molecule has 0 fully saturated rings. The fourth-order valence-corrected chi connectivity index (χ4v) is 3.20. The summed E-state index contributed by atoms with van der Waals surface area (Å²) in [6.07, 6.45) is 21.0. The molecule has 0 aromatic rings. The van der Waals surface area contributed by atoms with Gasteiger partial charge in [-0.15, -0.1) is 0 Å². The Morgan fingerprint density at radius 1 is 0.615 bits per heavy atom. The van der Waals surface area contributed by atoms with Crippen molar-refractivity contribution in [2.24, 2.45) is 5.73 Å². The lowest BCUT2D eigenvalue weighted by atomic mass is 10.0. The minimum Gasteiger partial charge on any atom is -0.370 e. The Morgan fingerprint density at radius 3 is 1.38 bits per heavy atom. The molecule has 0 aliphatic carbocycles. The van der Waals surface area contributed by atoms with E-state index in [2.05, 4.69) is 12.2 Å². The summed E-state index contributed by atoms with van der Waals surface area (Å²) >= 11 is 0. The van der Waals surface area contributed by atoms with Crippen LogP contribution in [-0.2, 0) is 9.59 Å². The van der Waals surface area contributed by atoms with E-state index in [9.17, 15) is 9.59 Å². The zero-order valence-corrected chi connectivity index (χ0v) is 17.3. The predicted molar refractivity (Wildman–Crippen MR) is 111 cm³/mol. The first-order valence-corrected chi connectivity index (χ1v) is 11.2. The molecule has 0 spiro atoms. The number of carbonyl (C=O) groups is 2. The first-order valence-electron chi connectivity index (χ1n) is 11.2. The minimum absolute atomic E-state index is 0.169. The number of amides is 2. The Bertz CT molecular complexity index is 332. The van der Waals surface area contributed by atoms with Gasteiger partial charge < -0.3 is 11.1 Å². The van der Waals surface area contributed by atoms with Gasteiger partial charge in [0, 0.05) is 19.4 Å². The topological polar surface area (TPSA) is 72.2 Å². The van der Waals surface area contributed by atoms with Gasteiger partial charge in [0.2, 0.25) is 11.8 Å². The van der Waals surface area contributed by atoms with E-state index < -0.39 is 0 Å². The lowest BCUT2D eigenvalue weighted by molar-refractivity contribution is -0.121. The molecule has 3 N–H and O–H groups in total. The quantitative estimate of drug-likeness (QED) is 0.273. The maximum atomic E-state index is 11.5. The molecule has 0 aromatic heterocycles. The van der Waals surface area contributed by atoms with Crippen molar-refractivity contribution in [3.8, 4) is 0 Å². The van der Waals surface area contributed by atoms with Crippen LogP contribution in [0, 0.1) is 0 Å². The van der Waals surface area contributed by atoms with Crippen molar-refractivity contribution in [1.29, 1.82) is 0 Å². The standard InChI is InChI=1S/C22H44N2O2/c1-2-3-20-24-22(26)19-17-15-13-11-9-7-5-4-6-8-10-12-14-16-18-21(23)25/h2-20H2,1H3,(H2,23,25)(H,24,26). The van der Waals surface area contributed by atoms with Gasteiger partial charge in [-0.2, -0.15) is 0 Å². The third-order valence-corrected chi connectivity index (χ3v) is 4.93. The van der Waals surface area contributed by atoms with E-state index in [1.165, 1.54) is 70.6 Å². The summed E-state index contributed by atoms with van der Waals surface area (Å²) in [7, 11) is 0. The van der Waals surface area contributed by atoms with E-state index in [0.29, 0.717) is 12.8 Å². The monoisotopic (exact) mass is 368 g/mol. The van der Waals surface area contributed by atoms with Crippen molar-refractivity contribution in [3.63, 3.8) is 0 Å². The second-order valence-corrected chi connectivity index (χ2v) is 7.62. The van der Waals surface area contributed by atoms with E-state index in [4.69, 9.17) is 5.73 Å². The SMILES string of the molecule is CCCCNC(=O)CCCCCCCCCCCCCCCCC(N)=O. The molecule has 0 saturated heterocycles. The highest BCUT2D eigenvalue weighted by Gasteiger charge is 2.00. The van der Waals surface area contributed by atoms with Gasteiger partial charge in [0.15, 0.2) is 0 Å². The molecule has 2 amide bonds. The van der Waals surface area contributed by atoms with Gasteiger partial charge in [-0.25, -0.2) is 0 Å². The molecule has 0 aliphatic heterocycles. The molecule has 0 atom stereocenters. The van der Waals surface area contributed by atoms with Gasteiger partial charge in [0.05, 0.1) is 0 Å². The van der Waals surface area contributed by atoms with Crippen LogP contribution >= 0.6 is 0 Å². The highest BCUT2D eigenvalue weighted by molar-refractivity contribution is 5.75. The lowest BCUT2D eigenvalue weighted by Crippen LogP contribution is -2.23. The number of nitrogens with two attached hydrogens (primary N) is 1. The van der Waals surface area contributed by atoms with Gasteiger partial charge in [-0.05, 0) is 19.3 Å². The van der Waals surface area contributed by atoms with E-state index in [1.807, 2.05) is 0 Å². The summed E-state index contributed by atoms with van der Waals surface area (Å²) in [5, 5.41) is 2.98. The zero-order valence-electron chi connectivity index (χ0n) is 17.3. The Morgan fingerprint density at radius 2 is 1.00 bits per heavy atom. The zero-order chi connectivity index (χ0) is 19.3. The number of hydrogen-bond acceptors (Lipinski definition) is 2. The number of carbonyl (C=O) groups excluding carboxylic acids is 2. The van der Waals surface area contributed by atoms with Gasteiger partial charge in [-0.3, -0.25) is 9.59 Å². The van der Waals surface area contributed by atoms with Crippen LogP contribution in [0.1, 0.15) is 122 Å². The molecule has 26 heavy (non-hydrogen) atoms. The second-order valence-electron chi connectivity index (χ2n) is 7.62. The van der Waals surface area contributed by atoms with Crippen molar-refractivity contribution >= 4 is 11.8 Å². The summed E-state index contributed by atoms with van der Waals surface area (Å²) in [6, 6.07) is 0. The second kappa shape index (κ2) is 20.3. The van der Waals surface area contributed by atoms with Crippen LogP contribution < -0.4 is 11.1 Å². The predicted octanol–water partition coefficient (Wildman–Crippen LogP) is 5.63. The van der Waals surface area contributed by atoms with Gasteiger partial charge in [0.25, 0.3) is 0 Å². The molecule has 0 heterocycles. The molecule has 0 aliphatic rings. The average Bonchev–Trinajstić information content (AvgIpc) is 2.61. The Labute approximate surface area is 162 Å². The molecule has 154 valence electrons. The Balaban J connectivity index is 3.09. The smallest absolute Gasteiger partial charge is 0.219 e. The van der Waals surface area contributed by atoms with Crippen LogP contribution in [0.2, 0.25) is 0 Å². The molecule has 0 aromatic carbocycles. The first kappa shape index (κ1) is 24.9. The Hall–Kier alpha value is -1.06. The van der Waals surface area contributed by atoms with Crippen molar-refractivity contribution in [2.45, 2.75) is 122 Å². The summed E-state index contributed by atoms with van der Waals surface area (Å²) in [6.45, 7) is 2.98.